The van der Waals surface area contributed by atoms with Gasteiger partial charge < -0.3 is 15.2 Å². The van der Waals surface area contributed by atoms with Gasteiger partial charge in [-0.3, -0.25) is 0 Å². The maximum atomic E-state index is 6.31. The second kappa shape index (κ2) is 7.95. The molecule has 0 aliphatic rings. The molecule has 0 unspecified atom stereocenters. The summed E-state index contributed by atoms with van der Waals surface area (Å²) in [6.45, 7) is 7.73. The highest BCUT2D eigenvalue weighted by Gasteiger charge is 2.16. The predicted octanol–water partition coefficient (Wildman–Crippen LogP) is 4.29. The van der Waals surface area contributed by atoms with E-state index < -0.39 is 0 Å². The van der Waals surface area contributed by atoms with Gasteiger partial charge in [0.1, 0.15) is 5.82 Å². The molecule has 136 valence electrons. The van der Waals surface area contributed by atoms with Crippen LogP contribution in [0.4, 0.5) is 5.82 Å². The van der Waals surface area contributed by atoms with E-state index >= 15 is 0 Å². The van der Waals surface area contributed by atoms with Crippen molar-refractivity contribution >= 4 is 5.82 Å². The van der Waals surface area contributed by atoms with Crippen molar-refractivity contribution < 1.29 is 9.47 Å². The fraction of sp³-hybridized carbons (Fsp3) is 0.286. The molecule has 2 aromatic carbocycles. The molecule has 0 atom stereocenters. The Labute approximate surface area is 154 Å². The molecule has 5 nitrogen and oxygen atoms in total. The number of anilines is 1. The van der Waals surface area contributed by atoms with Crippen molar-refractivity contribution in [2.75, 3.05) is 18.9 Å². The number of ether oxygens (including phenoxy) is 2. The van der Waals surface area contributed by atoms with Crippen molar-refractivity contribution in [3.8, 4) is 22.8 Å². The maximum absolute atomic E-state index is 6.31. The summed E-state index contributed by atoms with van der Waals surface area (Å²) in [5, 5.41) is 4.75. The third-order valence-corrected chi connectivity index (χ3v) is 4.23. The lowest BCUT2D eigenvalue weighted by atomic mass is 10.1. The first kappa shape index (κ1) is 17.9. The smallest absolute Gasteiger partial charge is 0.161 e. The van der Waals surface area contributed by atoms with Gasteiger partial charge in [-0.15, -0.1) is 0 Å². The monoisotopic (exact) mass is 351 g/mol. The van der Waals surface area contributed by atoms with Crippen LogP contribution in [0.1, 0.15) is 25.0 Å². The number of aromatic nitrogens is 2. The molecule has 5 heteroatoms. The molecule has 2 N–H and O–H groups in total. The van der Waals surface area contributed by atoms with Crippen molar-refractivity contribution in [3.63, 3.8) is 0 Å². The third kappa shape index (κ3) is 3.67. The SMILES string of the molecule is CCOc1ccc(-c2nn(Cc3ccccc3)c(N)c2C)cc1OCC. The van der Waals surface area contributed by atoms with Gasteiger partial charge in [-0.2, -0.15) is 5.10 Å². The van der Waals surface area contributed by atoms with Crippen LogP contribution in [0.5, 0.6) is 11.5 Å². The number of hydrogen-bond donors (Lipinski definition) is 1. The summed E-state index contributed by atoms with van der Waals surface area (Å²) in [5.74, 6) is 2.14. The zero-order valence-corrected chi connectivity index (χ0v) is 15.5. The average molecular weight is 351 g/mol. The van der Waals surface area contributed by atoms with E-state index in [0.29, 0.717) is 25.6 Å². The fourth-order valence-electron chi connectivity index (χ4n) is 2.91. The summed E-state index contributed by atoms with van der Waals surface area (Å²) in [6, 6.07) is 16.1. The Kier molecular flexibility index (Phi) is 5.46. The highest BCUT2D eigenvalue weighted by Crippen LogP contribution is 2.35. The summed E-state index contributed by atoms with van der Waals surface area (Å²) < 4.78 is 13.2. The molecule has 3 rings (SSSR count). The van der Waals surface area contributed by atoms with Crippen LogP contribution in [-0.2, 0) is 6.54 Å². The predicted molar refractivity (Wildman–Crippen MR) is 105 cm³/mol. The standard InChI is InChI=1S/C21H25N3O2/c1-4-25-18-12-11-17(13-19(18)26-5-2)20-15(3)21(22)24(23-20)14-16-9-7-6-8-10-16/h6-13H,4-5,14,22H2,1-3H3. The van der Waals surface area contributed by atoms with E-state index in [0.717, 1.165) is 33.9 Å². The van der Waals surface area contributed by atoms with Crippen LogP contribution in [0.3, 0.4) is 0 Å². The topological polar surface area (TPSA) is 62.3 Å². The lowest BCUT2D eigenvalue weighted by Crippen LogP contribution is -2.06. The molecule has 1 aromatic heterocycles. The summed E-state index contributed by atoms with van der Waals surface area (Å²) in [7, 11) is 0. The summed E-state index contributed by atoms with van der Waals surface area (Å²) >= 11 is 0. The molecular formula is C21H25N3O2. The molecule has 0 aliphatic carbocycles. The van der Waals surface area contributed by atoms with Gasteiger partial charge in [0.25, 0.3) is 0 Å². The Morgan fingerprint density at radius 3 is 2.35 bits per heavy atom. The number of rotatable bonds is 7. The molecule has 0 radical (unpaired) electrons. The van der Waals surface area contributed by atoms with Gasteiger partial charge in [0, 0.05) is 11.1 Å². The molecule has 1 heterocycles. The van der Waals surface area contributed by atoms with E-state index in [1.54, 1.807) is 0 Å². The molecular weight excluding hydrogens is 326 g/mol. The Bertz CT molecular complexity index is 872. The summed E-state index contributed by atoms with van der Waals surface area (Å²) in [5.41, 5.74) is 10.3. The maximum Gasteiger partial charge on any atom is 0.161 e. The molecule has 0 saturated heterocycles. The molecule has 0 amide bonds. The fourth-order valence-corrected chi connectivity index (χ4v) is 2.91. The molecule has 3 aromatic rings. The van der Waals surface area contributed by atoms with Crippen LogP contribution in [-0.4, -0.2) is 23.0 Å². The minimum absolute atomic E-state index is 0.576. The summed E-state index contributed by atoms with van der Waals surface area (Å²) in [6.07, 6.45) is 0. The van der Waals surface area contributed by atoms with Crippen molar-refractivity contribution in [1.82, 2.24) is 9.78 Å². The largest absolute Gasteiger partial charge is 0.490 e. The molecule has 26 heavy (non-hydrogen) atoms. The van der Waals surface area contributed by atoms with Crippen molar-refractivity contribution in [2.45, 2.75) is 27.3 Å². The minimum Gasteiger partial charge on any atom is -0.490 e. The van der Waals surface area contributed by atoms with Gasteiger partial charge in [0.05, 0.1) is 25.5 Å². The number of hydrogen-bond acceptors (Lipinski definition) is 4. The van der Waals surface area contributed by atoms with Crippen LogP contribution in [0.25, 0.3) is 11.3 Å². The highest BCUT2D eigenvalue weighted by atomic mass is 16.5. The van der Waals surface area contributed by atoms with E-state index in [-0.39, 0.29) is 0 Å². The van der Waals surface area contributed by atoms with Gasteiger partial charge in [0.15, 0.2) is 11.5 Å². The summed E-state index contributed by atoms with van der Waals surface area (Å²) in [4.78, 5) is 0. The first-order chi connectivity index (χ1) is 12.6. The van der Waals surface area contributed by atoms with E-state index in [1.807, 2.05) is 61.9 Å². The van der Waals surface area contributed by atoms with E-state index in [4.69, 9.17) is 20.3 Å². The average Bonchev–Trinajstić information content (AvgIpc) is 2.93. The number of nitrogens with two attached hydrogens (primary N) is 1. The molecule has 0 spiro atoms. The molecule has 0 bridgehead atoms. The van der Waals surface area contributed by atoms with Crippen LogP contribution in [0.2, 0.25) is 0 Å². The lowest BCUT2D eigenvalue weighted by Gasteiger charge is -2.12. The zero-order chi connectivity index (χ0) is 18.5. The number of nitrogens with zero attached hydrogens (tertiary/aromatic N) is 2. The van der Waals surface area contributed by atoms with Gasteiger partial charge in [-0.05, 0) is 44.5 Å². The zero-order valence-electron chi connectivity index (χ0n) is 15.5. The molecule has 0 aliphatic heterocycles. The molecule has 0 saturated carbocycles. The second-order valence-corrected chi connectivity index (χ2v) is 6.03. The van der Waals surface area contributed by atoms with Gasteiger partial charge >= 0.3 is 0 Å². The Morgan fingerprint density at radius 2 is 1.65 bits per heavy atom. The van der Waals surface area contributed by atoms with Gasteiger partial charge in [-0.25, -0.2) is 4.68 Å². The van der Waals surface area contributed by atoms with E-state index in [2.05, 4.69) is 12.1 Å². The van der Waals surface area contributed by atoms with E-state index in [9.17, 15) is 0 Å². The first-order valence-corrected chi connectivity index (χ1v) is 8.90. The minimum atomic E-state index is 0.576. The normalized spacial score (nSPS) is 10.7. The van der Waals surface area contributed by atoms with Crippen LogP contribution in [0.15, 0.2) is 48.5 Å². The van der Waals surface area contributed by atoms with Crippen LogP contribution < -0.4 is 15.2 Å². The number of nitrogen functional groups attached to an aromatic ring is 1. The van der Waals surface area contributed by atoms with Gasteiger partial charge in [0.2, 0.25) is 0 Å². The number of benzene rings is 2. The Balaban J connectivity index is 1.96. The van der Waals surface area contributed by atoms with Crippen molar-refractivity contribution in [2.24, 2.45) is 0 Å². The van der Waals surface area contributed by atoms with Crippen LogP contribution in [0, 0.1) is 6.92 Å². The second-order valence-electron chi connectivity index (χ2n) is 6.03. The van der Waals surface area contributed by atoms with E-state index in [1.165, 1.54) is 0 Å². The van der Waals surface area contributed by atoms with Crippen LogP contribution >= 0.6 is 0 Å². The quantitative estimate of drug-likeness (QED) is 0.690. The van der Waals surface area contributed by atoms with Gasteiger partial charge in [-0.1, -0.05) is 30.3 Å². The first-order valence-electron chi connectivity index (χ1n) is 8.90. The van der Waals surface area contributed by atoms with Crippen molar-refractivity contribution in [1.29, 1.82) is 0 Å². The Hall–Kier alpha value is -2.95. The van der Waals surface area contributed by atoms with Crippen molar-refractivity contribution in [3.05, 3.63) is 59.7 Å². The molecule has 0 fully saturated rings. The third-order valence-electron chi connectivity index (χ3n) is 4.23. The Morgan fingerprint density at radius 1 is 0.962 bits per heavy atom. The lowest BCUT2D eigenvalue weighted by molar-refractivity contribution is 0.288. The highest BCUT2D eigenvalue weighted by molar-refractivity contribution is 5.70.